The summed E-state index contributed by atoms with van der Waals surface area (Å²) in [6, 6.07) is 7.60. The van der Waals surface area contributed by atoms with E-state index in [9.17, 15) is 28.1 Å². The molecule has 0 saturated carbocycles. The van der Waals surface area contributed by atoms with Crippen molar-refractivity contribution in [2.24, 2.45) is 0 Å². The molecule has 1 saturated heterocycles. The second-order valence-corrected chi connectivity index (χ2v) is 9.39. The summed E-state index contributed by atoms with van der Waals surface area (Å²) in [6.45, 7) is 0.444. The number of hydrogen-bond acceptors (Lipinski definition) is 8. The molecule has 1 fully saturated rings. The van der Waals surface area contributed by atoms with Crippen molar-refractivity contribution in [1.29, 1.82) is 0 Å². The van der Waals surface area contributed by atoms with E-state index in [1.165, 1.54) is 34.6 Å². The van der Waals surface area contributed by atoms with Crippen molar-refractivity contribution in [2.45, 2.75) is 11.4 Å². The van der Waals surface area contributed by atoms with E-state index >= 15 is 0 Å². The quantitative estimate of drug-likeness (QED) is 0.400. The van der Waals surface area contributed by atoms with Gasteiger partial charge >= 0.3 is 5.76 Å². The van der Waals surface area contributed by atoms with Crippen LogP contribution in [0, 0.1) is 10.1 Å². The molecule has 1 aromatic heterocycles. The van der Waals surface area contributed by atoms with Gasteiger partial charge in [-0.2, -0.15) is 4.31 Å². The molecule has 0 atom stereocenters. The van der Waals surface area contributed by atoms with Crippen LogP contribution in [0.15, 0.2) is 50.5 Å². The smallest absolute Gasteiger partial charge is 0.407 e. The number of nitrogens with one attached hydrogen (secondary N) is 1. The van der Waals surface area contributed by atoms with E-state index in [2.05, 4.69) is 5.32 Å². The standard InChI is InChI=1S/C19H17ClN4O8S/c20-14-3-1-12(9-17(14)33(29,30)22-5-7-31-8-6-22)21-18(25)11-23-15-4-2-13(24(27)28)10-16(15)32-19(23)26/h1-4,9-10H,5-8,11H2,(H,21,25). The third kappa shape index (κ3) is 4.61. The molecule has 0 radical (unpaired) electrons. The number of anilines is 1. The molecule has 12 nitrogen and oxygen atoms in total. The molecule has 1 N–H and O–H groups in total. The molecule has 33 heavy (non-hydrogen) atoms. The number of sulfonamides is 1. The van der Waals surface area contributed by atoms with Crippen LogP contribution in [0.3, 0.4) is 0 Å². The topological polar surface area (TPSA) is 154 Å². The van der Waals surface area contributed by atoms with Crippen LogP contribution in [0.25, 0.3) is 11.1 Å². The largest absolute Gasteiger partial charge is 0.420 e. The maximum Gasteiger partial charge on any atom is 0.420 e. The number of ether oxygens (including phenoxy) is 1. The minimum absolute atomic E-state index is 0.00173. The second kappa shape index (κ2) is 8.94. The lowest BCUT2D eigenvalue weighted by molar-refractivity contribution is -0.384. The maximum atomic E-state index is 12.9. The summed E-state index contributed by atoms with van der Waals surface area (Å²) in [6.07, 6.45) is 0. The van der Waals surface area contributed by atoms with Crippen molar-refractivity contribution in [3.05, 3.63) is 62.1 Å². The Morgan fingerprint density at radius 1 is 1.18 bits per heavy atom. The highest BCUT2D eigenvalue weighted by Gasteiger charge is 2.28. The Morgan fingerprint density at radius 3 is 2.61 bits per heavy atom. The molecular formula is C19H17ClN4O8S. The van der Waals surface area contributed by atoms with Crippen molar-refractivity contribution >= 4 is 50.0 Å². The first kappa shape index (κ1) is 22.9. The summed E-state index contributed by atoms with van der Waals surface area (Å²) in [7, 11) is -3.90. The number of aromatic nitrogens is 1. The molecule has 1 aliphatic heterocycles. The normalized spacial score (nSPS) is 14.9. The van der Waals surface area contributed by atoms with E-state index in [1.807, 2.05) is 0 Å². The number of oxazole rings is 1. The lowest BCUT2D eigenvalue weighted by Crippen LogP contribution is -2.40. The fourth-order valence-electron chi connectivity index (χ4n) is 3.37. The summed E-state index contributed by atoms with van der Waals surface area (Å²) in [5, 5.41) is 13.4. The molecule has 0 unspecified atom stereocenters. The molecule has 14 heteroatoms. The average molecular weight is 497 g/mol. The maximum absolute atomic E-state index is 12.9. The molecule has 0 aliphatic carbocycles. The molecule has 0 bridgehead atoms. The third-order valence-electron chi connectivity index (χ3n) is 4.97. The van der Waals surface area contributed by atoms with Gasteiger partial charge in [0.15, 0.2) is 5.58 Å². The van der Waals surface area contributed by atoms with Gasteiger partial charge in [0.1, 0.15) is 11.4 Å². The third-order valence-corrected chi connectivity index (χ3v) is 7.35. The van der Waals surface area contributed by atoms with E-state index in [0.29, 0.717) is 0 Å². The number of carbonyl (C=O) groups excluding carboxylic acids is 1. The number of nitro groups is 1. The van der Waals surface area contributed by atoms with Crippen LogP contribution in [0.5, 0.6) is 0 Å². The number of benzene rings is 2. The summed E-state index contributed by atoms with van der Waals surface area (Å²) >= 11 is 6.12. The predicted octanol–water partition coefficient (Wildman–Crippen LogP) is 1.82. The number of rotatable bonds is 6. The van der Waals surface area contributed by atoms with Crippen LogP contribution in [-0.4, -0.2) is 54.4 Å². The van der Waals surface area contributed by atoms with E-state index in [-0.39, 0.29) is 58.7 Å². The molecule has 2 heterocycles. The van der Waals surface area contributed by atoms with Crippen LogP contribution < -0.4 is 11.1 Å². The van der Waals surface area contributed by atoms with Gasteiger partial charge in [-0.25, -0.2) is 13.2 Å². The van der Waals surface area contributed by atoms with Crippen LogP contribution in [0.1, 0.15) is 0 Å². The van der Waals surface area contributed by atoms with Crippen LogP contribution in [0.2, 0.25) is 5.02 Å². The Morgan fingerprint density at radius 2 is 1.91 bits per heavy atom. The highest BCUT2D eigenvalue weighted by Crippen LogP contribution is 2.28. The Labute approximate surface area is 191 Å². The monoisotopic (exact) mass is 496 g/mol. The van der Waals surface area contributed by atoms with Gasteiger partial charge in [-0.05, 0) is 24.3 Å². The SMILES string of the molecule is O=C(Cn1c(=O)oc2cc([N+](=O)[O-])ccc21)Nc1ccc(Cl)c(S(=O)(=O)N2CCOCC2)c1. The van der Waals surface area contributed by atoms with Crippen molar-refractivity contribution in [3.63, 3.8) is 0 Å². The molecule has 174 valence electrons. The van der Waals surface area contributed by atoms with Crippen molar-refractivity contribution in [3.8, 4) is 0 Å². The number of carbonyl (C=O) groups is 1. The minimum atomic E-state index is -3.90. The highest BCUT2D eigenvalue weighted by atomic mass is 35.5. The number of halogens is 1. The molecule has 1 aliphatic rings. The average Bonchev–Trinajstić information content (AvgIpc) is 3.09. The number of fused-ring (bicyclic) bond motifs is 1. The zero-order valence-electron chi connectivity index (χ0n) is 16.9. The molecule has 0 spiro atoms. The van der Waals surface area contributed by atoms with E-state index in [1.54, 1.807) is 0 Å². The summed E-state index contributed by atoms with van der Waals surface area (Å²) in [5.74, 6) is -1.51. The number of non-ortho nitro benzene ring substituents is 1. The molecule has 4 rings (SSSR count). The zero-order chi connectivity index (χ0) is 23.8. The van der Waals surface area contributed by atoms with Gasteiger partial charge in [-0.15, -0.1) is 0 Å². The van der Waals surface area contributed by atoms with Gasteiger partial charge in [0.2, 0.25) is 15.9 Å². The Bertz CT molecular complexity index is 1410. The Balaban J connectivity index is 1.56. The fourth-order valence-corrected chi connectivity index (χ4v) is 5.28. The molecular weight excluding hydrogens is 480 g/mol. The first-order chi connectivity index (χ1) is 15.7. The van der Waals surface area contributed by atoms with E-state index < -0.39 is 33.2 Å². The van der Waals surface area contributed by atoms with Gasteiger partial charge < -0.3 is 14.5 Å². The fraction of sp³-hybridized carbons (Fsp3) is 0.263. The van der Waals surface area contributed by atoms with E-state index in [4.69, 9.17) is 20.8 Å². The number of nitro benzene ring substituents is 1. The molecule has 2 aromatic carbocycles. The lowest BCUT2D eigenvalue weighted by Gasteiger charge is -2.26. The second-order valence-electron chi connectivity index (χ2n) is 7.07. The highest BCUT2D eigenvalue weighted by molar-refractivity contribution is 7.89. The van der Waals surface area contributed by atoms with Gasteiger partial charge in [-0.3, -0.25) is 19.5 Å². The lowest BCUT2D eigenvalue weighted by atomic mass is 10.3. The van der Waals surface area contributed by atoms with E-state index in [0.717, 1.165) is 10.6 Å². The van der Waals surface area contributed by atoms with Gasteiger partial charge in [0, 0.05) is 24.8 Å². The van der Waals surface area contributed by atoms with Crippen LogP contribution in [-0.2, 0) is 26.1 Å². The predicted molar refractivity (Wildman–Crippen MR) is 117 cm³/mol. The zero-order valence-corrected chi connectivity index (χ0v) is 18.5. The Kier molecular flexibility index (Phi) is 6.21. The van der Waals surface area contributed by atoms with Gasteiger partial charge in [0.05, 0.1) is 34.7 Å². The number of morpholine rings is 1. The van der Waals surface area contributed by atoms with Crippen molar-refractivity contribution in [1.82, 2.24) is 8.87 Å². The van der Waals surface area contributed by atoms with Crippen molar-refractivity contribution in [2.75, 3.05) is 31.6 Å². The number of hydrogen-bond donors (Lipinski definition) is 1. The van der Waals surface area contributed by atoms with Gasteiger partial charge in [-0.1, -0.05) is 11.6 Å². The number of amides is 1. The first-order valence-corrected chi connectivity index (χ1v) is 11.4. The number of nitrogens with zero attached hydrogens (tertiary/aromatic N) is 3. The summed E-state index contributed by atoms with van der Waals surface area (Å²) in [5.41, 5.74) is 0.0653. The van der Waals surface area contributed by atoms with Gasteiger partial charge in [0.25, 0.3) is 5.69 Å². The van der Waals surface area contributed by atoms with Crippen LogP contribution in [0.4, 0.5) is 11.4 Å². The first-order valence-electron chi connectivity index (χ1n) is 9.62. The molecule has 3 aromatic rings. The minimum Gasteiger partial charge on any atom is -0.407 e. The van der Waals surface area contributed by atoms with Crippen molar-refractivity contribution < 1.29 is 27.3 Å². The summed E-state index contributed by atoms with van der Waals surface area (Å²) < 4.78 is 38.3. The summed E-state index contributed by atoms with van der Waals surface area (Å²) in [4.78, 5) is 34.8. The van der Waals surface area contributed by atoms with Crippen LogP contribution >= 0.6 is 11.6 Å². The molecule has 1 amide bonds. The Hall–Kier alpha value is -3.26.